The quantitative estimate of drug-likeness (QED) is 0.381. The van der Waals surface area contributed by atoms with Crippen LogP contribution in [0.25, 0.3) is 0 Å². The van der Waals surface area contributed by atoms with Crippen LogP contribution in [-0.2, 0) is 11.2 Å². The standard InChI is InChI=1S/C17H28N4O2S/c1-24-14-10-20-17(19-9-7-15-5-3-13-23-15)18-8-4-12-21-11-2-6-16(21)22/h3,5,13H,2,4,6-12,14H2,1H3,(H2,18,19,20). The number of hydrogen-bond donors (Lipinski definition) is 2. The molecule has 1 fully saturated rings. The van der Waals surface area contributed by atoms with Crippen molar-refractivity contribution in [2.75, 3.05) is 44.7 Å². The minimum Gasteiger partial charge on any atom is -0.469 e. The van der Waals surface area contributed by atoms with Gasteiger partial charge >= 0.3 is 0 Å². The first-order chi connectivity index (χ1) is 11.8. The molecule has 0 spiro atoms. The Balaban J connectivity index is 1.70. The maximum Gasteiger partial charge on any atom is 0.222 e. The van der Waals surface area contributed by atoms with Gasteiger partial charge in [0.15, 0.2) is 5.96 Å². The third kappa shape index (κ3) is 6.86. The zero-order valence-corrected chi connectivity index (χ0v) is 15.2. The second-order valence-electron chi connectivity index (χ2n) is 5.74. The van der Waals surface area contributed by atoms with Crippen molar-refractivity contribution < 1.29 is 9.21 Å². The molecule has 6 nitrogen and oxygen atoms in total. The van der Waals surface area contributed by atoms with Gasteiger partial charge in [0, 0.05) is 51.3 Å². The van der Waals surface area contributed by atoms with Gasteiger partial charge in [-0.05, 0) is 31.2 Å². The highest BCUT2D eigenvalue weighted by molar-refractivity contribution is 7.98. The zero-order valence-electron chi connectivity index (χ0n) is 14.4. The molecule has 0 atom stereocenters. The van der Waals surface area contributed by atoms with E-state index in [9.17, 15) is 4.79 Å². The van der Waals surface area contributed by atoms with Crippen molar-refractivity contribution in [1.29, 1.82) is 0 Å². The molecule has 0 saturated carbocycles. The number of nitrogens with zero attached hydrogens (tertiary/aromatic N) is 2. The van der Waals surface area contributed by atoms with E-state index in [1.165, 1.54) is 0 Å². The van der Waals surface area contributed by atoms with Crippen LogP contribution in [0.2, 0.25) is 0 Å². The van der Waals surface area contributed by atoms with E-state index in [0.29, 0.717) is 6.42 Å². The molecule has 7 heteroatoms. The molecule has 1 amide bonds. The van der Waals surface area contributed by atoms with Crippen molar-refractivity contribution in [2.24, 2.45) is 4.99 Å². The van der Waals surface area contributed by atoms with Gasteiger partial charge in [-0.3, -0.25) is 9.79 Å². The van der Waals surface area contributed by atoms with Crippen LogP contribution in [0.4, 0.5) is 0 Å². The average molecular weight is 353 g/mol. The van der Waals surface area contributed by atoms with Crippen LogP contribution in [0.5, 0.6) is 0 Å². The molecule has 1 aliphatic heterocycles. The first kappa shape index (κ1) is 18.7. The molecule has 2 heterocycles. The molecule has 1 aliphatic rings. The summed E-state index contributed by atoms with van der Waals surface area (Å²) in [4.78, 5) is 18.1. The van der Waals surface area contributed by atoms with Gasteiger partial charge in [0.05, 0.1) is 6.26 Å². The van der Waals surface area contributed by atoms with Crippen LogP contribution in [0.15, 0.2) is 27.8 Å². The van der Waals surface area contributed by atoms with E-state index in [2.05, 4.69) is 21.9 Å². The highest BCUT2D eigenvalue weighted by Gasteiger charge is 2.18. The van der Waals surface area contributed by atoms with Crippen LogP contribution in [0.1, 0.15) is 25.0 Å². The summed E-state index contributed by atoms with van der Waals surface area (Å²) < 4.78 is 5.34. The van der Waals surface area contributed by atoms with Gasteiger partial charge in [0.1, 0.15) is 5.76 Å². The Morgan fingerprint density at radius 2 is 2.29 bits per heavy atom. The number of rotatable bonds is 10. The number of likely N-dealkylation sites (tertiary alicyclic amines) is 1. The fourth-order valence-corrected chi connectivity index (χ4v) is 2.90. The van der Waals surface area contributed by atoms with Crippen LogP contribution >= 0.6 is 11.8 Å². The zero-order chi connectivity index (χ0) is 17.0. The molecule has 2 rings (SSSR count). The predicted molar refractivity (Wildman–Crippen MR) is 99.5 cm³/mol. The van der Waals surface area contributed by atoms with Crippen LogP contribution < -0.4 is 10.6 Å². The molecule has 0 radical (unpaired) electrons. The van der Waals surface area contributed by atoms with E-state index >= 15 is 0 Å². The monoisotopic (exact) mass is 352 g/mol. The molecular formula is C17H28N4O2S. The molecule has 0 aromatic carbocycles. The summed E-state index contributed by atoms with van der Waals surface area (Å²) in [6, 6.07) is 3.88. The number of aliphatic imine (C=N–C) groups is 1. The molecule has 134 valence electrons. The second kappa shape index (κ2) is 11.0. The van der Waals surface area contributed by atoms with Crippen LogP contribution in [0, 0.1) is 0 Å². The highest BCUT2D eigenvalue weighted by atomic mass is 32.2. The molecule has 1 aromatic rings. The molecule has 2 N–H and O–H groups in total. The Labute approximate surface area is 148 Å². The van der Waals surface area contributed by atoms with Crippen molar-refractivity contribution in [1.82, 2.24) is 15.5 Å². The van der Waals surface area contributed by atoms with Crippen molar-refractivity contribution in [3.8, 4) is 0 Å². The number of carbonyl (C=O) groups is 1. The van der Waals surface area contributed by atoms with Crippen molar-refractivity contribution >= 4 is 23.6 Å². The van der Waals surface area contributed by atoms with E-state index in [0.717, 1.165) is 69.5 Å². The SMILES string of the molecule is CSCCNC(=NCCCN1CCCC1=O)NCCc1ccco1. The van der Waals surface area contributed by atoms with E-state index < -0.39 is 0 Å². The molecule has 24 heavy (non-hydrogen) atoms. The lowest BCUT2D eigenvalue weighted by Gasteiger charge is -2.15. The molecule has 0 unspecified atom stereocenters. The van der Waals surface area contributed by atoms with Gasteiger partial charge in [-0.2, -0.15) is 11.8 Å². The maximum atomic E-state index is 11.6. The minimum atomic E-state index is 0.286. The summed E-state index contributed by atoms with van der Waals surface area (Å²) in [6.07, 6.45) is 7.23. The molecule has 0 aliphatic carbocycles. The Kier molecular flexibility index (Phi) is 8.59. The van der Waals surface area contributed by atoms with Gasteiger partial charge in [0.2, 0.25) is 5.91 Å². The lowest BCUT2D eigenvalue weighted by atomic mass is 10.3. The number of guanidine groups is 1. The average Bonchev–Trinajstić information content (AvgIpc) is 3.23. The Morgan fingerprint density at radius 3 is 3.00 bits per heavy atom. The van der Waals surface area contributed by atoms with E-state index in [1.807, 2.05) is 17.0 Å². The predicted octanol–water partition coefficient (Wildman–Crippen LogP) is 1.73. The lowest BCUT2D eigenvalue weighted by molar-refractivity contribution is -0.127. The fraction of sp³-hybridized carbons (Fsp3) is 0.647. The topological polar surface area (TPSA) is 69.9 Å². The van der Waals surface area contributed by atoms with E-state index in [4.69, 9.17) is 4.42 Å². The summed E-state index contributed by atoms with van der Waals surface area (Å²) in [7, 11) is 0. The largest absolute Gasteiger partial charge is 0.469 e. The summed E-state index contributed by atoms with van der Waals surface area (Å²) in [5.74, 6) is 3.14. The third-order valence-electron chi connectivity index (χ3n) is 3.87. The summed E-state index contributed by atoms with van der Waals surface area (Å²) in [5.41, 5.74) is 0. The van der Waals surface area contributed by atoms with Gasteiger partial charge in [-0.1, -0.05) is 0 Å². The normalized spacial score (nSPS) is 15.1. The Bertz CT molecular complexity index is 505. The molecule has 1 saturated heterocycles. The smallest absolute Gasteiger partial charge is 0.222 e. The van der Waals surface area contributed by atoms with Crippen LogP contribution in [0.3, 0.4) is 0 Å². The van der Waals surface area contributed by atoms with Gasteiger partial charge < -0.3 is 20.0 Å². The summed E-state index contributed by atoms with van der Waals surface area (Å²) in [5, 5.41) is 6.69. The molecular weight excluding hydrogens is 324 g/mol. The molecule has 0 bridgehead atoms. The van der Waals surface area contributed by atoms with Crippen molar-refractivity contribution in [3.05, 3.63) is 24.2 Å². The van der Waals surface area contributed by atoms with E-state index in [-0.39, 0.29) is 5.91 Å². The van der Waals surface area contributed by atoms with Crippen molar-refractivity contribution in [2.45, 2.75) is 25.7 Å². The van der Waals surface area contributed by atoms with Gasteiger partial charge in [-0.15, -0.1) is 0 Å². The maximum absolute atomic E-state index is 11.6. The van der Waals surface area contributed by atoms with E-state index in [1.54, 1.807) is 18.0 Å². The number of carbonyl (C=O) groups excluding carboxylic acids is 1. The van der Waals surface area contributed by atoms with Gasteiger partial charge in [0.25, 0.3) is 0 Å². The Morgan fingerprint density at radius 1 is 1.42 bits per heavy atom. The number of thioether (sulfide) groups is 1. The highest BCUT2D eigenvalue weighted by Crippen LogP contribution is 2.09. The first-order valence-electron chi connectivity index (χ1n) is 8.61. The third-order valence-corrected chi connectivity index (χ3v) is 4.48. The van der Waals surface area contributed by atoms with Crippen LogP contribution in [-0.4, -0.2) is 61.5 Å². The number of nitrogens with one attached hydrogen (secondary N) is 2. The van der Waals surface area contributed by atoms with Gasteiger partial charge in [-0.25, -0.2) is 0 Å². The lowest BCUT2D eigenvalue weighted by Crippen LogP contribution is -2.39. The number of hydrogen-bond acceptors (Lipinski definition) is 4. The van der Waals surface area contributed by atoms with Crippen molar-refractivity contribution in [3.63, 3.8) is 0 Å². The first-order valence-corrected chi connectivity index (χ1v) is 10.0. The second-order valence-corrected chi connectivity index (χ2v) is 6.73. The number of amides is 1. The molecule has 1 aromatic heterocycles. The number of furan rings is 1. The minimum absolute atomic E-state index is 0.286. The summed E-state index contributed by atoms with van der Waals surface area (Å²) in [6.45, 7) is 4.11. The Hall–Kier alpha value is -1.63. The summed E-state index contributed by atoms with van der Waals surface area (Å²) >= 11 is 1.81. The fourth-order valence-electron chi connectivity index (χ4n) is 2.60.